The van der Waals surface area contributed by atoms with Crippen LogP contribution >= 0.6 is 0 Å². The Morgan fingerprint density at radius 1 is 0.608 bits per heavy atom. The maximum absolute atomic E-state index is 14.4. The summed E-state index contributed by atoms with van der Waals surface area (Å²) in [6, 6.07) is 8.54. The van der Waals surface area contributed by atoms with Crippen LogP contribution in [0.4, 0.5) is 17.6 Å². The molecule has 0 amide bonds. The molecule has 0 radical (unpaired) electrons. The normalized spacial score (nSPS) is 18.5. The summed E-state index contributed by atoms with van der Waals surface area (Å²) in [5, 5.41) is 0. The van der Waals surface area contributed by atoms with Crippen LogP contribution in [-0.4, -0.2) is 27.4 Å². The standard InChI is InChI=1S/C37H40F4O8S2/c38-30-32(40)36(50(43,44)45)33(41)31(39)34(30)48-37(42)25-16-18-27(19-17-25)49-51(46,47)35-28(23-12-6-2-7-13-23)20-26(22-10-4-1-5-11-22)21-29(35)24-14-8-3-9-15-24/h16-24H,1-15H2,(H,43,44,45)/p-1. The Morgan fingerprint density at radius 3 is 1.47 bits per heavy atom. The summed E-state index contributed by atoms with van der Waals surface area (Å²) in [6.45, 7) is 0. The smallest absolute Gasteiger partial charge is 0.343 e. The number of benzene rings is 3. The summed E-state index contributed by atoms with van der Waals surface area (Å²) in [5.41, 5.74) is 2.40. The third-order valence-corrected chi connectivity index (χ3v) is 12.8. The molecule has 276 valence electrons. The van der Waals surface area contributed by atoms with Gasteiger partial charge in [0.05, 0.1) is 5.56 Å². The van der Waals surface area contributed by atoms with E-state index in [1.807, 2.05) is 0 Å². The van der Waals surface area contributed by atoms with E-state index in [-0.39, 0.29) is 22.5 Å². The molecule has 0 N–H and O–H groups in total. The number of esters is 1. The summed E-state index contributed by atoms with van der Waals surface area (Å²) in [6.07, 6.45) is 15.3. The molecular formula is C37H39F4O8S2-. The highest BCUT2D eigenvalue weighted by Crippen LogP contribution is 2.46. The molecule has 3 aromatic carbocycles. The Kier molecular flexibility index (Phi) is 11.1. The van der Waals surface area contributed by atoms with Crippen molar-refractivity contribution in [2.75, 3.05) is 0 Å². The molecule has 0 aliphatic heterocycles. The number of hydrogen-bond donors (Lipinski definition) is 0. The number of hydrogen-bond acceptors (Lipinski definition) is 8. The van der Waals surface area contributed by atoms with Gasteiger partial charge in [-0.25, -0.2) is 22.0 Å². The van der Waals surface area contributed by atoms with Gasteiger partial charge in [-0.2, -0.15) is 17.2 Å². The molecule has 0 bridgehead atoms. The highest BCUT2D eigenvalue weighted by Gasteiger charge is 2.35. The van der Waals surface area contributed by atoms with Gasteiger partial charge in [0.25, 0.3) is 0 Å². The zero-order valence-electron chi connectivity index (χ0n) is 27.9. The largest absolute Gasteiger partial charge is 0.744 e. The van der Waals surface area contributed by atoms with Gasteiger partial charge in [0.15, 0.2) is 11.6 Å². The van der Waals surface area contributed by atoms with Crippen molar-refractivity contribution in [3.05, 3.63) is 81.9 Å². The van der Waals surface area contributed by atoms with Gasteiger partial charge in [0, 0.05) is 0 Å². The maximum Gasteiger partial charge on any atom is 0.343 e. The van der Waals surface area contributed by atoms with E-state index in [4.69, 9.17) is 4.18 Å². The molecule has 3 aliphatic rings. The number of ether oxygens (including phenoxy) is 1. The topological polar surface area (TPSA) is 127 Å². The van der Waals surface area contributed by atoms with Crippen LogP contribution in [0.5, 0.6) is 11.5 Å². The van der Waals surface area contributed by atoms with Gasteiger partial charge in [-0.1, -0.05) is 69.9 Å². The first-order valence-electron chi connectivity index (χ1n) is 17.5. The van der Waals surface area contributed by atoms with Crippen molar-refractivity contribution in [1.82, 2.24) is 0 Å². The molecule has 0 spiro atoms. The average molecular weight is 752 g/mol. The Bertz CT molecular complexity index is 1930. The van der Waals surface area contributed by atoms with Crippen LogP contribution in [0.3, 0.4) is 0 Å². The van der Waals surface area contributed by atoms with Gasteiger partial charge < -0.3 is 13.5 Å². The summed E-state index contributed by atoms with van der Waals surface area (Å²) >= 11 is 0. The number of carbonyl (C=O) groups is 1. The van der Waals surface area contributed by atoms with Gasteiger partial charge in [-0.05, 0) is 97.2 Å². The molecule has 8 nitrogen and oxygen atoms in total. The van der Waals surface area contributed by atoms with Gasteiger partial charge >= 0.3 is 16.1 Å². The van der Waals surface area contributed by atoms with Crippen LogP contribution in [0.25, 0.3) is 0 Å². The van der Waals surface area contributed by atoms with Crippen LogP contribution in [-0.2, 0) is 20.2 Å². The van der Waals surface area contributed by atoms with Gasteiger partial charge in [0.1, 0.15) is 25.7 Å². The minimum absolute atomic E-state index is 0.0634. The van der Waals surface area contributed by atoms with E-state index < -0.39 is 65.7 Å². The van der Waals surface area contributed by atoms with Crippen LogP contribution < -0.4 is 8.92 Å². The van der Waals surface area contributed by atoms with Crippen LogP contribution in [0, 0.1) is 23.3 Å². The molecule has 0 heterocycles. The van der Waals surface area contributed by atoms with Crippen molar-refractivity contribution in [1.29, 1.82) is 0 Å². The zero-order chi connectivity index (χ0) is 36.5. The lowest BCUT2D eigenvalue weighted by molar-refractivity contribution is 0.0716. The second kappa shape index (κ2) is 15.2. The lowest BCUT2D eigenvalue weighted by atomic mass is 9.76. The van der Waals surface area contributed by atoms with E-state index in [1.165, 1.54) is 12.0 Å². The number of rotatable bonds is 9. The Balaban J connectivity index is 1.32. The maximum atomic E-state index is 14.4. The molecular weight excluding hydrogens is 713 g/mol. The highest BCUT2D eigenvalue weighted by molar-refractivity contribution is 7.87. The third kappa shape index (κ3) is 7.97. The van der Waals surface area contributed by atoms with E-state index >= 15 is 0 Å². The first kappa shape index (κ1) is 37.3. The second-order valence-corrected chi connectivity index (χ2v) is 16.7. The van der Waals surface area contributed by atoms with Crippen molar-refractivity contribution in [2.24, 2.45) is 0 Å². The Hall–Kier alpha value is -3.49. The van der Waals surface area contributed by atoms with E-state index in [9.17, 15) is 43.7 Å². The fourth-order valence-electron chi connectivity index (χ4n) is 7.96. The van der Waals surface area contributed by atoms with Crippen molar-refractivity contribution < 1.29 is 52.7 Å². The monoisotopic (exact) mass is 751 g/mol. The van der Waals surface area contributed by atoms with Crippen LogP contribution in [0.15, 0.2) is 46.2 Å². The van der Waals surface area contributed by atoms with Gasteiger partial charge in [-0.3, -0.25) is 0 Å². The summed E-state index contributed by atoms with van der Waals surface area (Å²) in [5.74, 6) is -13.0. The molecule has 3 aliphatic carbocycles. The number of carbonyl (C=O) groups excluding carboxylic acids is 1. The number of halogens is 4. The molecule has 0 atom stereocenters. The average Bonchev–Trinajstić information content (AvgIpc) is 3.12. The van der Waals surface area contributed by atoms with Crippen molar-refractivity contribution in [2.45, 2.75) is 124 Å². The Morgan fingerprint density at radius 2 is 1.04 bits per heavy atom. The summed E-state index contributed by atoms with van der Waals surface area (Å²) in [4.78, 5) is 10.5. The molecule has 3 aromatic rings. The second-order valence-electron chi connectivity index (χ2n) is 13.9. The van der Waals surface area contributed by atoms with Crippen molar-refractivity contribution >= 4 is 26.2 Å². The predicted molar refractivity (Wildman–Crippen MR) is 177 cm³/mol. The van der Waals surface area contributed by atoms with Crippen LogP contribution in [0.1, 0.15) is 141 Å². The fraction of sp³-hybridized carbons (Fsp3) is 0.486. The molecule has 0 aromatic heterocycles. The van der Waals surface area contributed by atoms with Crippen molar-refractivity contribution in [3.63, 3.8) is 0 Å². The van der Waals surface area contributed by atoms with E-state index in [2.05, 4.69) is 16.9 Å². The minimum atomic E-state index is -5.96. The van der Waals surface area contributed by atoms with E-state index in [1.54, 1.807) is 0 Å². The molecule has 0 saturated heterocycles. The zero-order valence-corrected chi connectivity index (χ0v) is 29.5. The molecule has 0 unspecified atom stereocenters. The van der Waals surface area contributed by atoms with Gasteiger partial charge in [0.2, 0.25) is 17.4 Å². The molecule has 3 fully saturated rings. The SMILES string of the molecule is O=C(Oc1c(F)c(F)c(S(=O)(=O)[O-])c(F)c1F)c1ccc(OS(=O)(=O)c2c(C3CCCCC3)cc(C3CCCCC3)cc2C2CCCCC2)cc1. The van der Waals surface area contributed by atoms with E-state index in [0.29, 0.717) is 5.92 Å². The fourth-order valence-corrected chi connectivity index (χ4v) is 10.1. The third-order valence-electron chi connectivity index (χ3n) is 10.5. The van der Waals surface area contributed by atoms with Crippen molar-refractivity contribution in [3.8, 4) is 11.5 Å². The molecule has 51 heavy (non-hydrogen) atoms. The summed E-state index contributed by atoms with van der Waals surface area (Å²) < 4.78 is 130. The molecule has 14 heteroatoms. The minimum Gasteiger partial charge on any atom is -0.744 e. The molecule has 3 saturated carbocycles. The first-order valence-corrected chi connectivity index (χ1v) is 20.3. The Labute approximate surface area is 295 Å². The lowest BCUT2D eigenvalue weighted by Gasteiger charge is -2.32. The van der Waals surface area contributed by atoms with Gasteiger partial charge in [-0.15, -0.1) is 0 Å². The summed E-state index contributed by atoms with van der Waals surface area (Å²) in [7, 11) is -10.4. The first-order chi connectivity index (χ1) is 24.3. The quantitative estimate of drug-likeness (QED) is 0.0529. The highest BCUT2D eigenvalue weighted by atomic mass is 32.2. The predicted octanol–water partition coefficient (Wildman–Crippen LogP) is 9.28. The van der Waals surface area contributed by atoms with E-state index in [0.717, 1.165) is 125 Å². The molecule has 6 rings (SSSR count). The lowest BCUT2D eigenvalue weighted by Crippen LogP contribution is -2.21. The van der Waals surface area contributed by atoms with Crippen LogP contribution in [0.2, 0.25) is 0 Å².